The summed E-state index contributed by atoms with van der Waals surface area (Å²) in [6.07, 6.45) is 2.45. The van der Waals surface area contributed by atoms with E-state index >= 15 is 0 Å². The minimum Gasteiger partial charge on any atom is -0.372 e. The highest BCUT2D eigenvalue weighted by Gasteiger charge is 2.23. The number of nitrogens with zero attached hydrogens (tertiary/aromatic N) is 1. The van der Waals surface area contributed by atoms with Crippen LogP contribution in [0.3, 0.4) is 0 Å². The second-order valence-corrected chi connectivity index (χ2v) is 7.13. The van der Waals surface area contributed by atoms with Gasteiger partial charge in [-0.05, 0) is 48.9 Å². The predicted molar refractivity (Wildman–Crippen MR) is 98.1 cm³/mol. The summed E-state index contributed by atoms with van der Waals surface area (Å²) in [5.74, 6) is 0.461. The average molecular weight is 331 g/mol. The molecule has 0 aromatic heterocycles. The lowest BCUT2D eigenvalue weighted by atomic mass is 9.99. The molecule has 2 amide bonds. The number of anilines is 2. The molecule has 0 spiro atoms. The number of nitrogens with one attached hydrogen (secondary N) is 2. The van der Waals surface area contributed by atoms with Crippen molar-refractivity contribution in [3.8, 4) is 0 Å². The molecule has 1 fully saturated rings. The van der Waals surface area contributed by atoms with Gasteiger partial charge in [-0.2, -0.15) is 0 Å². The van der Waals surface area contributed by atoms with E-state index in [9.17, 15) is 9.59 Å². The molecule has 1 heterocycles. The first-order valence-electron chi connectivity index (χ1n) is 8.79. The normalized spacial score (nSPS) is 16.8. The minimum absolute atomic E-state index is 0.0310. The van der Waals surface area contributed by atoms with Gasteiger partial charge in [-0.1, -0.05) is 20.8 Å². The third-order valence-electron chi connectivity index (χ3n) is 4.59. The summed E-state index contributed by atoms with van der Waals surface area (Å²) in [4.78, 5) is 26.0. The van der Waals surface area contributed by atoms with E-state index in [-0.39, 0.29) is 17.7 Å². The molecule has 1 aromatic carbocycles. The summed E-state index contributed by atoms with van der Waals surface area (Å²) in [6.45, 7) is 9.74. The molecule has 0 bridgehead atoms. The Morgan fingerprint density at radius 2 is 1.71 bits per heavy atom. The number of benzene rings is 1. The Morgan fingerprint density at radius 3 is 2.21 bits per heavy atom. The fourth-order valence-corrected chi connectivity index (χ4v) is 3.00. The van der Waals surface area contributed by atoms with Crippen molar-refractivity contribution in [2.24, 2.45) is 11.8 Å². The van der Waals surface area contributed by atoms with Crippen molar-refractivity contribution in [3.63, 3.8) is 0 Å². The molecule has 0 saturated carbocycles. The van der Waals surface area contributed by atoms with Gasteiger partial charge >= 0.3 is 0 Å². The number of amides is 2. The molecule has 1 unspecified atom stereocenters. The van der Waals surface area contributed by atoms with Crippen molar-refractivity contribution >= 4 is 23.2 Å². The predicted octanol–water partition coefficient (Wildman–Crippen LogP) is 3.02. The Kier molecular flexibility index (Phi) is 6.23. The Labute approximate surface area is 144 Å². The quantitative estimate of drug-likeness (QED) is 0.872. The zero-order valence-electron chi connectivity index (χ0n) is 15.1. The van der Waals surface area contributed by atoms with E-state index in [0.29, 0.717) is 0 Å². The molecule has 2 N–H and O–H groups in total. The number of hydrogen-bond acceptors (Lipinski definition) is 3. The molecular weight excluding hydrogens is 302 g/mol. The van der Waals surface area contributed by atoms with Crippen LogP contribution in [-0.2, 0) is 9.59 Å². The van der Waals surface area contributed by atoms with Crippen molar-refractivity contribution in [2.45, 2.75) is 46.6 Å². The smallest absolute Gasteiger partial charge is 0.247 e. The van der Waals surface area contributed by atoms with Gasteiger partial charge in [0.25, 0.3) is 0 Å². The lowest BCUT2D eigenvalue weighted by Gasteiger charge is -2.32. The van der Waals surface area contributed by atoms with Crippen molar-refractivity contribution in [1.82, 2.24) is 5.32 Å². The van der Waals surface area contributed by atoms with Crippen molar-refractivity contribution in [1.29, 1.82) is 0 Å². The molecule has 1 aliphatic rings. The number of carbonyl (C=O) groups excluding carboxylic acids is 2. The van der Waals surface area contributed by atoms with Gasteiger partial charge in [-0.15, -0.1) is 0 Å². The molecule has 5 heteroatoms. The van der Waals surface area contributed by atoms with Crippen LogP contribution in [0, 0.1) is 11.8 Å². The van der Waals surface area contributed by atoms with Crippen LogP contribution >= 0.6 is 0 Å². The maximum absolute atomic E-state index is 12.4. The summed E-state index contributed by atoms with van der Waals surface area (Å²) < 4.78 is 0. The molecule has 1 atom stereocenters. The van der Waals surface area contributed by atoms with Crippen LogP contribution in [-0.4, -0.2) is 30.9 Å². The van der Waals surface area contributed by atoms with Crippen LogP contribution in [0.15, 0.2) is 24.3 Å². The van der Waals surface area contributed by atoms with E-state index in [4.69, 9.17) is 0 Å². The first-order chi connectivity index (χ1) is 11.4. The molecule has 1 saturated heterocycles. The van der Waals surface area contributed by atoms with E-state index in [1.165, 1.54) is 25.5 Å². The van der Waals surface area contributed by atoms with Crippen LogP contribution in [0.2, 0.25) is 0 Å². The summed E-state index contributed by atoms with van der Waals surface area (Å²) in [7, 11) is 0. The monoisotopic (exact) mass is 331 g/mol. The highest BCUT2D eigenvalue weighted by atomic mass is 16.2. The van der Waals surface area contributed by atoms with Gasteiger partial charge in [0.2, 0.25) is 11.8 Å². The fraction of sp³-hybridized carbons (Fsp3) is 0.579. The first kappa shape index (κ1) is 18.3. The van der Waals surface area contributed by atoms with Crippen molar-refractivity contribution < 1.29 is 9.59 Å². The molecule has 2 rings (SSSR count). The van der Waals surface area contributed by atoms with Crippen LogP contribution in [0.1, 0.15) is 40.5 Å². The Morgan fingerprint density at radius 1 is 1.12 bits per heavy atom. The van der Waals surface area contributed by atoms with Crippen molar-refractivity contribution in [3.05, 3.63) is 24.3 Å². The lowest BCUT2D eigenvalue weighted by molar-refractivity contribution is -0.126. The SMILES string of the molecule is CC(=O)NC(C(=O)Nc1ccc(N2CCC(C)CC2)cc1)C(C)C. The minimum atomic E-state index is -0.522. The van der Waals surface area contributed by atoms with E-state index in [0.717, 1.165) is 24.7 Å². The van der Waals surface area contributed by atoms with Crippen molar-refractivity contribution in [2.75, 3.05) is 23.3 Å². The average Bonchev–Trinajstić information content (AvgIpc) is 2.53. The van der Waals surface area contributed by atoms with Crippen LogP contribution in [0.25, 0.3) is 0 Å². The Bertz CT molecular complexity index is 560. The van der Waals surface area contributed by atoms with E-state index in [2.05, 4.69) is 22.5 Å². The van der Waals surface area contributed by atoms with Gasteiger partial charge in [0, 0.05) is 31.4 Å². The molecule has 0 radical (unpaired) electrons. The molecular formula is C19H29N3O2. The summed E-state index contributed by atoms with van der Waals surface area (Å²) in [5, 5.41) is 5.60. The first-order valence-corrected chi connectivity index (χ1v) is 8.79. The maximum Gasteiger partial charge on any atom is 0.247 e. The summed E-state index contributed by atoms with van der Waals surface area (Å²) in [5.41, 5.74) is 1.95. The number of piperidine rings is 1. The Balaban J connectivity index is 1.97. The number of rotatable bonds is 5. The molecule has 5 nitrogen and oxygen atoms in total. The molecule has 1 aromatic rings. The third kappa shape index (κ3) is 4.98. The molecule has 1 aliphatic heterocycles. The maximum atomic E-state index is 12.4. The van der Waals surface area contributed by atoms with Gasteiger partial charge in [0.05, 0.1) is 0 Å². The topological polar surface area (TPSA) is 61.4 Å². The molecule has 0 aliphatic carbocycles. The largest absolute Gasteiger partial charge is 0.372 e. The van der Waals surface area contributed by atoms with E-state index < -0.39 is 6.04 Å². The third-order valence-corrected chi connectivity index (χ3v) is 4.59. The van der Waals surface area contributed by atoms with Crippen LogP contribution in [0.5, 0.6) is 0 Å². The van der Waals surface area contributed by atoms with Crippen LogP contribution < -0.4 is 15.5 Å². The van der Waals surface area contributed by atoms with Gasteiger partial charge in [-0.3, -0.25) is 9.59 Å². The fourth-order valence-electron chi connectivity index (χ4n) is 3.00. The standard InChI is InChI=1S/C19H29N3O2/c1-13(2)18(20-15(4)23)19(24)21-16-5-7-17(8-6-16)22-11-9-14(3)10-12-22/h5-8,13-14,18H,9-12H2,1-4H3,(H,20,23)(H,21,24). The van der Waals surface area contributed by atoms with Crippen LogP contribution in [0.4, 0.5) is 11.4 Å². The van der Waals surface area contributed by atoms with E-state index in [1.54, 1.807) is 0 Å². The van der Waals surface area contributed by atoms with Gasteiger partial charge in [0.1, 0.15) is 6.04 Å². The van der Waals surface area contributed by atoms with Gasteiger partial charge in [0.15, 0.2) is 0 Å². The highest BCUT2D eigenvalue weighted by molar-refractivity contribution is 5.97. The number of hydrogen-bond donors (Lipinski definition) is 2. The van der Waals surface area contributed by atoms with E-state index in [1.807, 2.05) is 38.1 Å². The zero-order chi connectivity index (χ0) is 17.7. The lowest BCUT2D eigenvalue weighted by Crippen LogP contribution is -2.46. The Hall–Kier alpha value is -2.04. The summed E-state index contributed by atoms with van der Waals surface area (Å²) in [6, 6.07) is 7.43. The zero-order valence-corrected chi connectivity index (χ0v) is 15.1. The molecule has 132 valence electrons. The second-order valence-electron chi connectivity index (χ2n) is 7.13. The summed E-state index contributed by atoms with van der Waals surface area (Å²) >= 11 is 0. The number of carbonyl (C=O) groups is 2. The van der Waals surface area contributed by atoms with Gasteiger partial charge < -0.3 is 15.5 Å². The molecule has 24 heavy (non-hydrogen) atoms. The highest BCUT2D eigenvalue weighted by Crippen LogP contribution is 2.24. The van der Waals surface area contributed by atoms with Gasteiger partial charge in [-0.25, -0.2) is 0 Å². The second kappa shape index (κ2) is 8.18.